The number of para-hydroxylation sites is 1. The van der Waals surface area contributed by atoms with Gasteiger partial charge in [0, 0.05) is 12.6 Å². The van der Waals surface area contributed by atoms with Crippen molar-refractivity contribution in [1.29, 1.82) is 0 Å². The number of carbonyl (C=O) groups excluding carboxylic acids is 1. The van der Waals surface area contributed by atoms with E-state index in [9.17, 15) is 13.2 Å². The van der Waals surface area contributed by atoms with Crippen LogP contribution in [0.4, 0.5) is 0 Å². The molecule has 3 aliphatic heterocycles. The zero-order valence-electron chi connectivity index (χ0n) is 11.3. The number of hydrogen-bond acceptors (Lipinski definition) is 5. The fourth-order valence-electron chi connectivity index (χ4n) is 3.34. The molecule has 7 heteroatoms. The topological polar surface area (TPSA) is 72.9 Å². The molecular weight excluding hydrogens is 294 g/mol. The van der Waals surface area contributed by atoms with Gasteiger partial charge in [0.1, 0.15) is 13.2 Å². The first kappa shape index (κ1) is 12.9. The maximum atomic E-state index is 12.7. The zero-order valence-corrected chi connectivity index (χ0v) is 12.1. The number of benzene rings is 1. The van der Waals surface area contributed by atoms with Crippen LogP contribution in [0, 0.1) is 0 Å². The van der Waals surface area contributed by atoms with E-state index in [1.54, 1.807) is 23.1 Å². The normalized spacial score (nSPS) is 28.7. The van der Waals surface area contributed by atoms with Gasteiger partial charge in [-0.05, 0) is 18.6 Å². The molecule has 0 aromatic heterocycles. The maximum Gasteiger partial charge on any atom is 0.258 e. The molecule has 112 valence electrons. The van der Waals surface area contributed by atoms with Gasteiger partial charge in [-0.1, -0.05) is 6.07 Å². The molecule has 0 unspecified atom stereocenters. The predicted octanol–water partition coefficient (Wildman–Crippen LogP) is 0.469. The summed E-state index contributed by atoms with van der Waals surface area (Å²) in [5.74, 6) is 0.957. The molecule has 21 heavy (non-hydrogen) atoms. The molecule has 4 rings (SSSR count). The van der Waals surface area contributed by atoms with E-state index in [4.69, 9.17) is 9.47 Å². The number of hydrogen-bond donors (Lipinski definition) is 0. The van der Waals surface area contributed by atoms with Crippen molar-refractivity contribution >= 4 is 15.7 Å². The van der Waals surface area contributed by atoms with Crippen molar-refractivity contribution in [2.75, 3.05) is 25.5 Å². The zero-order chi connectivity index (χ0) is 14.6. The fourth-order valence-corrected chi connectivity index (χ4v) is 5.37. The highest BCUT2D eigenvalue weighted by Crippen LogP contribution is 2.38. The van der Waals surface area contributed by atoms with E-state index in [1.165, 1.54) is 0 Å². The molecule has 2 saturated heterocycles. The first-order valence-corrected chi connectivity index (χ1v) is 8.69. The van der Waals surface area contributed by atoms with Crippen molar-refractivity contribution < 1.29 is 22.7 Å². The van der Waals surface area contributed by atoms with Gasteiger partial charge >= 0.3 is 0 Å². The van der Waals surface area contributed by atoms with Crippen LogP contribution in [0.25, 0.3) is 0 Å². The molecule has 0 spiro atoms. The molecule has 3 heterocycles. The van der Waals surface area contributed by atoms with E-state index in [-0.39, 0.29) is 24.2 Å². The Bertz CT molecular complexity index is 714. The van der Waals surface area contributed by atoms with Crippen molar-refractivity contribution in [2.24, 2.45) is 0 Å². The summed E-state index contributed by atoms with van der Waals surface area (Å²) in [6.07, 6.45) is 0.556. The number of ether oxygens (including phenoxy) is 2. The lowest BCUT2D eigenvalue weighted by atomic mass is 10.1. The molecule has 0 N–H and O–H groups in total. The number of likely N-dealkylation sites (tertiary alicyclic amines) is 1. The van der Waals surface area contributed by atoms with Gasteiger partial charge in [-0.2, -0.15) is 0 Å². The monoisotopic (exact) mass is 309 g/mol. The van der Waals surface area contributed by atoms with Gasteiger partial charge in [0.05, 0.1) is 16.6 Å². The van der Waals surface area contributed by atoms with Crippen LogP contribution in [0.1, 0.15) is 16.8 Å². The van der Waals surface area contributed by atoms with Crippen molar-refractivity contribution in [3.8, 4) is 11.5 Å². The number of amides is 1. The smallest absolute Gasteiger partial charge is 0.258 e. The quantitative estimate of drug-likeness (QED) is 0.754. The highest BCUT2D eigenvalue weighted by molar-refractivity contribution is 7.92. The molecule has 1 amide bonds. The van der Waals surface area contributed by atoms with E-state index in [2.05, 4.69) is 0 Å². The average molecular weight is 309 g/mol. The Kier molecular flexibility index (Phi) is 2.69. The minimum Gasteiger partial charge on any atom is -0.486 e. The van der Waals surface area contributed by atoms with Crippen LogP contribution >= 0.6 is 0 Å². The second kappa shape index (κ2) is 4.37. The molecule has 0 saturated carbocycles. The second-order valence-electron chi connectivity index (χ2n) is 5.63. The van der Waals surface area contributed by atoms with Gasteiger partial charge in [-0.15, -0.1) is 0 Å². The van der Waals surface area contributed by atoms with Crippen LogP contribution < -0.4 is 9.47 Å². The predicted molar refractivity (Wildman–Crippen MR) is 74.4 cm³/mol. The third-order valence-corrected chi connectivity index (χ3v) is 6.57. The Hall–Kier alpha value is -1.76. The number of nitrogens with zero attached hydrogens (tertiary/aromatic N) is 1. The van der Waals surface area contributed by atoms with Crippen molar-refractivity contribution in [3.05, 3.63) is 23.8 Å². The van der Waals surface area contributed by atoms with Crippen LogP contribution in [0.2, 0.25) is 0 Å². The lowest BCUT2D eigenvalue weighted by Gasteiger charge is -2.28. The van der Waals surface area contributed by atoms with Gasteiger partial charge in [-0.25, -0.2) is 8.42 Å². The summed E-state index contributed by atoms with van der Waals surface area (Å²) in [4.78, 5) is 14.4. The number of sulfone groups is 1. The maximum absolute atomic E-state index is 12.7. The molecule has 0 aliphatic carbocycles. The SMILES string of the molecule is O=C(c1cccc2c1OCCO2)N1C[C@H]2C[C@H]1CS2(=O)=O. The summed E-state index contributed by atoms with van der Waals surface area (Å²) in [6, 6.07) is 5.03. The van der Waals surface area contributed by atoms with Crippen molar-refractivity contribution in [2.45, 2.75) is 17.7 Å². The largest absolute Gasteiger partial charge is 0.486 e. The van der Waals surface area contributed by atoms with Crippen LogP contribution in [-0.2, 0) is 9.84 Å². The summed E-state index contributed by atoms with van der Waals surface area (Å²) >= 11 is 0. The number of fused-ring (bicyclic) bond motifs is 3. The Morgan fingerprint density at radius 2 is 2.05 bits per heavy atom. The third-order valence-electron chi connectivity index (χ3n) is 4.37. The van der Waals surface area contributed by atoms with E-state index in [0.29, 0.717) is 36.7 Å². The standard InChI is InChI=1S/C14H15NO5S/c16-14(15-7-10-6-9(15)8-21(10,17)18)11-2-1-3-12-13(11)20-5-4-19-12/h1-3,9-10H,4-8H2/t9-,10+/m0/s1. The molecule has 2 bridgehead atoms. The third kappa shape index (κ3) is 1.91. The van der Waals surface area contributed by atoms with E-state index in [1.807, 2.05) is 0 Å². The molecular formula is C14H15NO5S. The van der Waals surface area contributed by atoms with Crippen LogP contribution in [0.15, 0.2) is 18.2 Å². The molecule has 1 aromatic carbocycles. The Morgan fingerprint density at radius 3 is 2.76 bits per heavy atom. The minimum atomic E-state index is -3.00. The van der Waals surface area contributed by atoms with Gasteiger partial charge in [0.15, 0.2) is 21.3 Å². The molecule has 3 aliphatic rings. The van der Waals surface area contributed by atoms with Gasteiger partial charge in [0.25, 0.3) is 5.91 Å². The van der Waals surface area contributed by atoms with E-state index >= 15 is 0 Å². The number of rotatable bonds is 1. The highest BCUT2D eigenvalue weighted by atomic mass is 32.2. The molecule has 2 atom stereocenters. The summed E-state index contributed by atoms with van der Waals surface area (Å²) < 4.78 is 34.6. The Labute approximate surface area is 122 Å². The van der Waals surface area contributed by atoms with Crippen LogP contribution in [0.3, 0.4) is 0 Å². The molecule has 2 fully saturated rings. The average Bonchev–Trinajstić information content (AvgIpc) is 3.01. The van der Waals surface area contributed by atoms with Crippen LogP contribution in [0.5, 0.6) is 11.5 Å². The molecule has 0 radical (unpaired) electrons. The lowest BCUT2D eigenvalue weighted by molar-refractivity contribution is 0.0735. The minimum absolute atomic E-state index is 0.0792. The van der Waals surface area contributed by atoms with Crippen molar-refractivity contribution in [1.82, 2.24) is 4.90 Å². The summed E-state index contributed by atoms with van der Waals surface area (Å²) in [6.45, 7) is 1.17. The summed E-state index contributed by atoms with van der Waals surface area (Å²) in [5, 5.41) is -0.400. The summed E-state index contributed by atoms with van der Waals surface area (Å²) in [7, 11) is -3.00. The van der Waals surface area contributed by atoms with E-state index in [0.717, 1.165) is 0 Å². The lowest BCUT2D eigenvalue weighted by Crippen LogP contribution is -2.44. The van der Waals surface area contributed by atoms with Crippen LogP contribution in [-0.4, -0.2) is 56.0 Å². The van der Waals surface area contributed by atoms with Gasteiger partial charge in [-0.3, -0.25) is 4.79 Å². The highest BCUT2D eigenvalue weighted by Gasteiger charge is 2.50. The number of carbonyl (C=O) groups is 1. The first-order valence-electron chi connectivity index (χ1n) is 6.97. The molecule has 6 nitrogen and oxygen atoms in total. The second-order valence-corrected chi connectivity index (χ2v) is 7.95. The molecule has 1 aromatic rings. The van der Waals surface area contributed by atoms with Crippen molar-refractivity contribution in [3.63, 3.8) is 0 Å². The van der Waals surface area contributed by atoms with Gasteiger partial charge < -0.3 is 14.4 Å². The van der Waals surface area contributed by atoms with E-state index < -0.39 is 15.1 Å². The Morgan fingerprint density at radius 1 is 1.24 bits per heavy atom. The summed E-state index contributed by atoms with van der Waals surface area (Å²) in [5.41, 5.74) is 0.456. The Balaban J connectivity index is 1.65. The first-order chi connectivity index (χ1) is 10.1. The fraction of sp³-hybridized carbons (Fsp3) is 0.500. The van der Waals surface area contributed by atoms with Gasteiger partial charge in [0.2, 0.25) is 0 Å².